The van der Waals surface area contributed by atoms with E-state index < -0.39 is 17.7 Å². The number of aromatic nitrogens is 1. The molecule has 0 saturated carbocycles. The molecule has 0 radical (unpaired) electrons. The third kappa shape index (κ3) is 4.74. The van der Waals surface area contributed by atoms with Gasteiger partial charge in [-0.05, 0) is 72.1 Å². The highest BCUT2D eigenvalue weighted by molar-refractivity contribution is 6.51. The van der Waals surface area contributed by atoms with E-state index in [2.05, 4.69) is 4.98 Å². The van der Waals surface area contributed by atoms with Crippen LogP contribution >= 0.6 is 0 Å². The number of ketones is 1. The SMILES string of the molecule is COc1ccc(/C(O)=C2/C(=O)C(=O)N(c3ccc(OCc4ccccc4)cc3)C2c2cccnc2)cc1C. The van der Waals surface area contributed by atoms with Gasteiger partial charge in [-0.15, -0.1) is 0 Å². The second-order valence-corrected chi connectivity index (χ2v) is 8.91. The number of nitrogens with zero attached hydrogens (tertiary/aromatic N) is 2. The zero-order chi connectivity index (χ0) is 26.6. The van der Waals surface area contributed by atoms with Crippen molar-refractivity contribution < 1.29 is 24.2 Å². The Kier molecular flexibility index (Phi) is 6.91. The quantitative estimate of drug-likeness (QED) is 0.199. The summed E-state index contributed by atoms with van der Waals surface area (Å²) in [4.78, 5) is 32.3. The molecule has 190 valence electrons. The van der Waals surface area contributed by atoms with E-state index in [1.165, 1.54) is 4.90 Å². The summed E-state index contributed by atoms with van der Waals surface area (Å²) in [5.41, 5.74) is 3.33. The Morgan fingerprint density at radius 3 is 2.39 bits per heavy atom. The number of amides is 1. The Hall–Kier alpha value is -4.91. The molecule has 1 aliphatic rings. The molecule has 1 atom stereocenters. The van der Waals surface area contributed by atoms with Crippen LogP contribution in [0.15, 0.2) is 103 Å². The van der Waals surface area contributed by atoms with Crippen molar-refractivity contribution in [3.63, 3.8) is 0 Å². The average molecular weight is 507 g/mol. The van der Waals surface area contributed by atoms with Gasteiger partial charge in [0.2, 0.25) is 0 Å². The van der Waals surface area contributed by atoms with Gasteiger partial charge in [0, 0.05) is 23.6 Å². The van der Waals surface area contributed by atoms with Gasteiger partial charge in [-0.2, -0.15) is 0 Å². The Bertz CT molecular complexity index is 1500. The molecule has 1 fully saturated rings. The highest BCUT2D eigenvalue weighted by Crippen LogP contribution is 2.42. The van der Waals surface area contributed by atoms with Crippen LogP contribution in [0.25, 0.3) is 5.76 Å². The Morgan fingerprint density at radius 1 is 0.974 bits per heavy atom. The minimum absolute atomic E-state index is 0.00280. The normalized spacial score (nSPS) is 16.5. The van der Waals surface area contributed by atoms with Crippen molar-refractivity contribution in [2.45, 2.75) is 19.6 Å². The minimum atomic E-state index is -0.859. The summed E-state index contributed by atoms with van der Waals surface area (Å²) in [7, 11) is 1.56. The molecule has 2 heterocycles. The molecule has 1 N–H and O–H groups in total. The van der Waals surface area contributed by atoms with Crippen molar-refractivity contribution in [1.82, 2.24) is 4.98 Å². The Labute approximate surface area is 220 Å². The van der Waals surface area contributed by atoms with Gasteiger partial charge in [0.15, 0.2) is 0 Å². The summed E-state index contributed by atoms with van der Waals surface area (Å²) >= 11 is 0. The number of hydrogen-bond acceptors (Lipinski definition) is 6. The fourth-order valence-corrected chi connectivity index (χ4v) is 4.58. The largest absolute Gasteiger partial charge is 0.507 e. The third-order valence-electron chi connectivity index (χ3n) is 6.48. The van der Waals surface area contributed by atoms with Crippen LogP contribution in [0.5, 0.6) is 11.5 Å². The Morgan fingerprint density at radius 2 is 1.74 bits per heavy atom. The van der Waals surface area contributed by atoms with Crippen LogP contribution in [-0.2, 0) is 16.2 Å². The summed E-state index contributed by atoms with van der Waals surface area (Å²) in [5, 5.41) is 11.3. The number of aliphatic hydroxyl groups is 1. The second kappa shape index (κ2) is 10.6. The van der Waals surface area contributed by atoms with E-state index in [4.69, 9.17) is 9.47 Å². The van der Waals surface area contributed by atoms with Crippen molar-refractivity contribution in [3.8, 4) is 11.5 Å². The number of carbonyl (C=O) groups is 2. The van der Waals surface area contributed by atoms with Crippen LogP contribution in [-0.4, -0.2) is 28.9 Å². The Balaban J connectivity index is 1.52. The van der Waals surface area contributed by atoms with E-state index in [9.17, 15) is 14.7 Å². The number of ether oxygens (including phenoxy) is 2. The number of pyridine rings is 1. The fraction of sp³-hybridized carbons (Fsp3) is 0.129. The standard InChI is InChI=1S/C31H26N2O5/c1-20-17-22(10-15-26(20)37-2)29(34)27-28(23-9-6-16-32-18-23)33(31(36)30(27)35)24-11-13-25(14-12-24)38-19-21-7-4-3-5-8-21/h3-18,28,34H,19H2,1-2H3/b29-27-. The number of aryl methyl sites for hydroxylation is 1. The zero-order valence-electron chi connectivity index (χ0n) is 21.0. The maximum Gasteiger partial charge on any atom is 0.300 e. The van der Waals surface area contributed by atoms with Crippen molar-refractivity contribution >= 4 is 23.1 Å². The molecule has 7 heteroatoms. The first-order valence-corrected chi connectivity index (χ1v) is 12.1. The van der Waals surface area contributed by atoms with E-state index in [-0.39, 0.29) is 11.3 Å². The van der Waals surface area contributed by atoms with Gasteiger partial charge in [0.05, 0.1) is 18.7 Å². The topological polar surface area (TPSA) is 89.0 Å². The van der Waals surface area contributed by atoms with Crippen LogP contribution in [0.4, 0.5) is 5.69 Å². The van der Waals surface area contributed by atoms with Crippen LogP contribution in [0, 0.1) is 6.92 Å². The third-order valence-corrected chi connectivity index (χ3v) is 6.48. The van der Waals surface area contributed by atoms with Crippen molar-refractivity contribution in [1.29, 1.82) is 0 Å². The molecule has 1 aromatic heterocycles. The van der Waals surface area contributed by atoms with E-state index in [0.717, 1.165) is 11.1 Å². The molecule has 7 nitrogen and oxygen atoms in total. The summed E-state index contributed by atoms with van der Waals surface area (Å²) < 4.78 is 11.2. The number of benzene rings is 3. The number of Topliss-reactive ketones (excluding diaryl/α,β-unsaturated/α-hetero) is 1. The predicted molar refractivity (Wildman–Crippen MR) is 144 cm³/mol. The summed E-state index contributed by atoms with van der Waals surface area (Å²) in [6.45, 7) is 2.25. The molecule has 0 bridgehead atoms. The lowest BCUT2D eigenvalue weighted by atomic mass is 9.95. The first-order chi connectivity index (χ1) is 18.5. The number of carbonyl (C=O) groups excluding carboxylic acids is 2. The number of hydrogen-bond donors (Lipinski definition) is 1. The molecule has 4 aromatic rings. The van der Waals surface area contributed by atoms with Crippen LogP contribution in [0.1, 0.15) is 28.3 Å². The monoisotopic (exact) mass is 506 g/mol. The van der Waals surface area contributed by atoms with Gasteiger partial charge in [0.25, 0.3) is 11.7 Å². The number of anilines is 1. The highest BCUT2D eigenvalue weighted by atomic mass is 16.5. The lowest BCUT2D eigenvalue weighted by Gasteiger charge is -2.25. The lowest BCUT2D eigenvalue weighted by molar-refractivity contribution is -0.132. The van der Waals surface area contributed by atoms with Gasteiger partial charge in [-0.3, -0.25) is 19.5 Å². The number of rotatable bonds is 7. The molecular weight excluding hydrogens is 480 g/mol. The first kappa shape index (κ1) is 24.8. The van der Waals surface area contributed by atoms with E-state index in [1.807, 2.05) is 37.3 Å². The van der Waals surface area contributed by atoms with E-state index >= 15 is 0 Å². The fourth-order valence-electron chi connectivity index (χ4n) is 4.58. The molecule has 1 amide bonds. The van der Waals surface area contributed by atoms with Crippen molar-refractivity contribution in [2.75, 3.05) is 12.0 Å². The van der Waals surface area contributed by atoms with Crippen molar-refractivity contribution in [3.05, 3.63) is 125 Å². The van der Waals surface area contributed by atoms with Crippen LogP contribution < -0.4 is 14.4 Å². The molecule has 38 heavy (non-hydrogen) atoms. The van der Waals surface area contributed by atoms with E-state index in [1.54, 1.807) is 74.1 Å². The molecule has 1 unspecified atom stereocenters. The van der Waals surface area contributed by atoms with Gasteiger partial charge in [-0.1, -0.05) is 36.4 Å². The molecule has 3 aromatic carbocycles. The maximum atomic E-state index is 13.4. The predicted octanol–water partition coefficient (Wildman–Crippen LogP) is 5.60. The van der Waals surface area contributed by atoms with E-state index in [0.29, 0.717) is 34.9 Å². The molecule has 1 aliphatic heterocycles. The smallest absolute Gasteiger partial charge is 0.300 e. The molecule has 1 saturated heterocycles. The summed E-state index contributed by atoms with van der Waals surface area (Å²) in [5.74, 6) is -0.479. The van der Waals surface area contributed by atoms with Gasteiger partial charge < -0.3 is 14.6 Å². The zero-order valence-corrected chi connectivity index (χ0v) is 21.0. The molecule has 5 rings (SSSR count). The summed E-state index contributed by atoms with van der Waals surface area (Å²) in [6.07, 6.45) is 3.20. The van der Waals surface area contributed by atoms with Gasteiger partial charge in [0.1, 0.15) is 23.9 Å². The molecule has 0 spiro atoms. The van der Waals surface area contributed by atoms with Crippen molar-refractivity contribution in [2.24, 2.45) is 0 Å². The van der Waals surface area contributed by atoms with Gasteiger partial charge in [-0.25, -0.2) is 0 Å². The maximum absolute atomic E-state index is 13.4. The summed E-state index contributed by atoms with van der Waals surface area (Å²) in [6, 6.07) is 24.5. The molecular formula is C31H26N2O5. The lowest BCUT2D eigenvalue weighted by Crippen LogP contribution is -2.29. The second-order valence-electron chi connectivity index (χ2n) is 8.91. The van der Waals surface area contributed by atoms with Crippen LogP contribution in [0.3, 0.4) is 0 Å². The first-order valence-electron chi connectivity index (χ1n) is 12.1. The van der Waals surface area contributed by atoms with Gasteiger partial charge >= 0.3 is 0 Å². The average Bonchev–Trinajstić information content (AvgIpc) is 3.22. The minimum Gasteiger partial charge on any atom is -0.507 e. The molecule has 0 aliphatic carbocycles. The number of aliphatic hydroxyl groups excluding tert-OH is 1. The number of methoxy groups -OCH3 is 1. The van der Waals surface area contributed by atoms with Crippen LogP contribution in [0.2, 0.25) is 0 Å². The highest BCUT2D eigenvalue weighted by Gasteiger charge is 2.47.